The van der Waals surface area contributed by atoms with Gasteiger partial charge >= 0.3 is 0 Å². The molecule has 0 aliphatic carbocycles. The number of hydrogen-bond donors (Lipinski definition) is 1. The van der Waals surface area contributed by atoms with Crippen molar-refractivity contribution in [2.24, 2.45) is 0 Å². The summed E-state index contributed by atoms with van der Waals surface area (Å²) in [5, 5.41) is 13.8. The zero-order valence-corrected chi connectivity index (χ0v) is 10.6. The average molecular weight is 249 g/mol. The molecule has 1 heterocycles. The van der Waals surface area contributed by atoms with Gasteiger partial charge in [-0.15, -0.1) is 0 Å². The van der Waals surface area contributed by atoms with Crippen molar-refractivity contribution in [2.45, 2.75) is 25.4 Å². The number of likely N-dealkylation sites (tertiary alicyclic amines) is 1. The van der Waals surface area contributed by atoms with Crippen LogP contribution in [0.4, 0.5) is 5.69 Å². The second-order valence-electron chi connectivity index (χ2n) is 4.75. The van der Waals surface area contributed by atoms with E-state index >= 15 is 0 Å². The molecule has 0 aromatic heterocycles. The lowest BCUT2D eigenvalue weighted by Crippen LogP contribution is -2.36. The zero-order valence-electron chi connectivity index (χ0n) is 10.6. The van der Waals surface area contributed by atoms with E-state index < -0.39 is 0 Å². The highest BCUT2D eigenvalue weighted by molar-refractivity contribution is 5.32. The second-order valence-corrected chi connectivity index (χ2v) is 4.75. The van der Waals surface area contributed by atoms with Gasteiger partial charge in [0.05, 0.1) is 4.92 Å². The van der Waals surface area contributed by atoms with Gasteiger partial charge in [0.15, 0.2) is 0 Å². The predicted molar refractivity (Wildman–Crippen MR) is 70.5 cm³/mol. The van der Waals surface area contributed by atoms with Crippen molar-refractivity contribution in [3.05, 3.63) is 39.9 Å². The van der Waals surface area contributed by atoms with Gasteiger partial charge in [-0.2, -0.15) is 0 Å². The summed E-state index contributed by atoms with van der Waals surface area (Å²) in [6.45, 7) is 3.00. The van der Waals surface area contributed by atoms with Crippen LogP contribution in [0.25, 0.3) is 0 Å². The van der Waals surface area contributed by atoms with Crippen molar-refractivity contribution in [2.75, 3.05) is 20.1 Å². The number of nitrogens with one attached hydrogen (secondary N) is 1. The Bertz CT molecular complexity index is 405. The lowest BCUT2D eigenvalue weighted by atomic mass is 10.1. The third-order valence-corrected chi connectivity index (χ3v) is 3.47. The van der Waals surface area contributed by atoms with Gasteiger partial charge in [0.1, 0.15) is 0 Å². The molecule has 0 spiro atoms. The number of benzene rings is 1. The minimum absolute atomic E-state index is 0.159. The fourth-order valence-electron chi connectivity index (χ4n) is 2.53. The Balaban J connectivity index is 1.98. The van der Waals surface area contributed by atoms with Crippen molar-refractivity contribution < 1.29 is 4.92 Å². The molecule has 0 amide bonds. The number of hydrogen-bond acceptors (Lipinski definition) is 4. The molecule has 98 valence electrons. The predicted octanol–water partition coefficient (Wildman–Crippen LogP) is 1.78. The van der Waals surface area contributed by atoms with E-state index in [0.29, 0.717) is 6.04 Å². The Morgan fingerprint density at radius 1 is 1.44 bits per heavy atom. The number of rotatable bonds is 5. The molecule has 1 aromatic carbocycles. The summed E-state index contributed by atoms with van der Waals surface area (Å²) in [6, 6.07) is 7.46. The smallest absolute Gasteiger partial charge is 0.269 e. The van der Waals surface area contributed by atoms with Crippen LogP contribution in [0.2, 0.25) is 0 Å². The van der Waals surface area contributed by atoms with Crippen LogP contribution in [0.1, 0.15) is 18.4 Å². The van der Waals surface area contributed by atoms with Crippen LogP contribution in [-0.2, 0) is 6.54 Å². The van der Waals surface area contributed by atoms with Crippen molar-refractivity contribution >= 4 is 5.69 Å². The van der Waals surface area contributed by atoms with Crippen molar-refractivity contribution in [3.63, 3.8) is 0 Å². The highest BCUT2D eigenvalue weighted by Gasteiger charge is 2.23. The summed E-state index contributed by atoms with van der Waals surface area (Å²) in [7, 11) is 1.97. The van der Waals surface area contributed by atoms with Crippen LogP contribution >= 0.6 is 0 Å². The first-order valence-electron chi connectivity index (χ1n) is 6.32. The van der Waals surface area contributed by atoms with Crippen LogP contribution in [0, 0.1) is 10.1 Å². The molecule has 5 heteroatoms. The van der Waals surface area contributed by atoms with E-state index in [0.717, 1.165) is 25.2 Å². The summed E-state index contributed by atoms with van der Waals surface area (Å²) < 4.78 is 0. The molecular formula is C13H19N3O2. The maximum absolute atomic E-state index is 10.6. The van der Waals surface area contributed by atoms with Crippen molar-refractivity contribution in [1.29, 1.82) is 0 Å². The maximum Gasteiger partial charge on any atom is 0.269 e. The molecule has 1 aliphatic rings. The Kier molecular flexibility index (Phi) is 4.28. The van der Waals surface area contributed by atoms with Crippen LogP contribution < -0.4 is 5.32 Å². The molecule has 1 aliphatic heterocycles. The lowest BCUT2D eigenvalue weighted by Gasteiger charge is -2.24. The van der Waals surface area contributed by atoms with Crippen LogP contribution in [0.3, 0.4) is 0 Å². The van der Waals surface area contributed by atoms with E-state index in [2.05, 4.69) is 10.2 Å². The third-order valence-electron chi connectivity index (χ3n) is 3.47. The molecule has 1 atom stereocenters. The highest BCUT2D eigenvalue weighted by Crippen LogP contribution is 2.20. The maximum atomic E-state index is 10.6. The van der Waals surface area contributed by atoms with Gasteiger partial charge in [0.2, 0.25) is 0 Å². The first kappa shape index (κ1) is 13.0. The monoisotopic (exact) mass is 249 g/mol. The van der Waals surface area contributed by atoms with Crippen molar-refractivity contribution in [1.82, 2.24) is 10.2 Å². The topological polar surface area (TPSA) is 58.4 Å². The third kappa shape index (κ3) is 3.05. The summed E-state index contributed by atoms with van der Waals surface area (Å²) in [5.74, 6) is 0. The Labute approximate surface area is 107 Å². The minimum atomic E-state index is -0.358. The van der Waals surface area contributed by atoms with Gasteiger partial charge in [0.25, 0.3) is 5.69 Å². The van der Waals surface area contributed by atoms with E-state index in [1.807, 2.05) is 19.2 Å². The van der Waals surface area contributed by atoms with Gasteiger partial charge in [0, 0.05) is 31.3 Å². The number of nitrogens with zero attached hydrogens (tertiary/aromatic N) is 2. The van der Waals surface area contributed by atoms with Crippen molar-refractivity contribution in [3.8, 4) is 0 Å². The molecule has 1 N–H and O–H groups in total. The summed E-state index contributed by atoms with van der Waals surface area (Å²) in [6.07, 6.45) is 2.47. The molecule has 0 saturated carbocycles. The van der Waals surface area contributed by atoms with E-state index in [1.54, 1.807) is 12.1 Å². The fraction of sp³-hybridized carbons (Fsp3) is 0.538. The number of nitro groups is 1. The molecule has 0 bridgehead atoms. The molecular weight excluding hydrogens is 230 g/mol. The van der Waals surface area contributed by atoms with Gasteiger partial charge < -0.3 is 5.32 Å². The lowest BCUT2D eigenvalue weighted by molar-refractivity contribution is -0.384. The molecule has 0 radical (unpaired) electrons. The minimum Gasteiger partial charge on any atom is -0.318 e. The highest BCUT2D eigenvalue weighted by atomic mass is 16.6. The normalized spacial score (nSPS) is 20.2. The number of non-ortho nitro benzene ring substituents is 1. The molecule has 2 rings (SSSR count). The standard InChI is InChI=1S/C13H19N3O2/c1-14-9-13-3-2-8-15(13)10-11-4-6-12(7-5-11)16(17)18/h4-7,13-14H,2-3,8-10H2,1H3. The van der Waals surface area contributed by atoms with E-state index in [1.165, 1.54) is 12.8 Å². The van der Waals surface area contributed by atoms with Gasteiger partial charge in [-0.1, -0.05) is 12.1 Å². The first-order chi connectivity index (χ1) is 8.70. The summed E-state index contributed by atoms with van der Waals surface area (Å²) in [4.78, 5) is 12.7. The van der Waals surface area contributed by atoms with Crippen LogP contribution in [0.15, 0.2) is 24.3 Å². The Morgan fingerprint density at radius 2 is 2.17 bits per heavy atom. The number of likely N-dealkylation sites (N-methyl/N-ethyl adjacent to an activating group) is 1. The van der Waals surface area contributed by atoms with Crippen LogP contribution in [-0.4, -0.2) is 36.0 Å². The Morgan fingerprint density at radius 3 is 2.78 bits per heavy atom. The summed E-state index contributed by atoms with van der Waals surface area (Å²) >= 11 is 0. The molecule has 1 aromatic rings. The summed E-state index contributed by atoms with van der Waals surface area (Å²) in [5.41, 5.74) is 1.30. The van der Waals surface area contributed by atoms with Gasteiger partial charge in [-0.3, -0.25) is 15.0 Å². The molecule has 5 nitrogen and oxygen atoms in total. The molecule has 1 saturated heterocycles. The zero-order chi connectivity index (χ0) is 13.0. The molecule has 18 heavy (non-hydrogen) atoms. The van der Waals surface area contributed by atoms with E-state index in [4.69, 9.17) is 0 Å². The molecule has 1 fully saturated rings. The van der Waals surface area contributed by atoms with E-state index in [9.17, 15) is 10.1 Å². The fourth-order valence-corrected chi connectivity index (χ4v) is 2.53. The largest absolute Gasteiger partial charge is 0.318 e. The molecule has 1 unspecified atom stereocenters. The first-order valence-corrected chi connectivity index (χ1v) is 6.32. The van der Waals surface area contributed by atoms with Gasteiger partial charge in [-0.05, 0) is 32.0 Å². The SMILES string of the molecule is CNCC1CCCN1Cc1ccc([N+](=O)[O-])cc1. The Hall–Kier alpha value is -1.46. The number of nitro benzene ring substituents is 1. The average Bonchev–Trinajstić information content (AvgIpc) is 2.78. The van der Waals surface area contributed by atoms with E-state index in [-0.39, 0.29) is 10.6 Å². The van der Waals surface area contributed by atoms with Crippen LogP contribution in [0.5, 0.6) is 0 Å². The second kappa shape index (κ2) is 5.93. The van der Waals surface area contributed by atoms with Gasteiger partial charge in [-0.25, -0.2) is 0 Å². The quantitative estimate of drug-likeness (QED) is 0.638.